The van der Waals surface area contributed by atoms with E-state index in [0.29, 0.717) is 18.5 Å². The maximum atomic E-state index is 12.6. The van der Waals surface area contributed by atoms with Crippen LogP contribution in [0.4, 0.5) is 18.9 Å². The maximum Gasteiger partial charge on any atom is 0.416 e. The van der Waals surface area contributed by atoms with Crippen LogP contribution in [0.5, 0.6) is 5.75 Å². The Kier molecular flexibility index (Phi) is 7.80. The number of H-pyrrole nitrogens is 1. The molecule has 172 valence electrons. The highest BCUT2D eigenvalue weighted by atomic mass is 19.4. The van der Waals surface area contributed by atoms with Crippen molar-refractivity contribution in [2.24, 2.45) is 0 Å². The van der Waals surface area contributed by atoms with Gasteiger partial charge in [0, 0.05) is 35.2 Å². The van der Waals surface area contributed by atoms with Crippen molar-refractivity contribution in [3.05, 3.63) is 59.8 Å². The highest BCUT2D eigenvalue weighted by Crippen LogP contribution is 2.30. The highest BCUT2D eigenvalue weighted by Gasteiger charge is 2.29. The van der Waals surface area contributed by atoms with E-state index in [1.807, 2.05) is 12.3 Å². The lowest BCUT2D eigenvalue weighted by Crippen LogP contribution is -2.30. The monoisotopic (exact) mass is 447 g/mol. The van der Waals surface area contributed by atoms with E-state index >= 15 is 0 Å². The molecule has 0 fully saturated rings. The molecule has 1 aromatic heterocycles. The van der Waals surface area contributed by atoms with Gasteiger partial charge in [0.1, 0.15) is 5.75 Å². The minimum Gasteiger partial charge on any atom is -0.508 e. The lowest BCUT2D eigenvalue weighted by molar-refractivity contribution is -0.137. The fourth-order valence-corrected chi connectivity index (χ4v) is 3.71. The third kappa shape index (κ3) is 6.50. The molecule has 0 spiro atoms. The molecule has 3 rings (SSSR count). The zero-order valence-electron chi connectivity index (χ0n) is 17.9. The van der Waals surface area contributed by atoms with Gasteiger partial charge in [-0.2, -0.15) is 13.2 Å². The predicted molar refractivity (Wildman–Crippen MR) is 120 cm³/mol. The molecule has 5 nitrogen and oxygen atoms in total. The van der Waals surface area contributed by atoms with Gasteiger partial charge in [-0.05, 0) is 80.3 Å². The number of hydrogen-bond donors (Lipinski definition) is 4. The SMILES string of the molecule is CCC(CCCC(=O)Nc1ccc(C(F)(F)F)cc1)NCCc1c[nH]c2ccc(O)cc12. The summed E-state index contributed by atoms with van der Waals surface area (Å²) in [6.07, 6.45) is 1.12. The van der Waals surface area contributed by atoms with Crippen molar-refractivity contribution in [3.63, 3.8) is 0 Å². The first-order valence-electron chi connectivity index (χ1n) is 10.8. The number of nitrogens with one attached hydrogen (secondary N) is 3. The summed E-state index contributed by atoms with van der Waals surface area (Å²) < 4.78 is 37.8. The Morgan fingerprint density at radius 1 is 1.16 bits per heavy atom. The van der Waals surface area contributed by atoms with Crippen molar-refractivity contribution < 1.29 is 23.1 Å². The number of benzene rings is 2. The first-order valence-corrected chi connectivity index (χ1v) is 10.8. The Labute approximate surface area is 185 Å². The number of phenolic OH excluding ortho intramolecular Hbond substituents is 1. The summed E-state index contributed by atoms with van der Waals surface area (Å²) in [6, 6.07) is 9.99. The molecular weight excluding hydrogens is 419 g/mol. The van der Waals surface area contributed by atoms with Crippen LogP contribution in [0.3, 0.4) is 0 Å². The van der Waals surface area contributed by atoms with Crippen molar-refractivity contribution in [1.29, 1.82) is 0 Å². The predicted octanol–water partition coefficient (Wildman–Crippen LogP) is 5.61. The molecule has 1 unspecified atom stereocenters. The Bertz CT molecular complexity index is 1030. The second-order valence-electron chi connectivity index (χ2n) is 7.87. The number of alkyl halides is 3. The van der Waals surface area contributed by atoms with Gasteiger partial charge in [0.25, 0.3) is 0 Å². The fourth-order valence-electron chi connectivity index (χ4n) is 3.71. The molecule has 8 heteroatoms. The van der Waals surface area contributed by atoms with Crippen molar-refractivity contribution >= 4 is 22.5 Å². The lowest BCUT2D eigenvalue weighted by atomic mass is 10.1. The van der Waals surface area contributed by atoms with Crippen LogP contribution in [0, 0.1) is 0 Å². The average molecular weight is 448 g/mol. The molecule has 4 N–H and O–H groups in total. The largest absolute Gasteiger partial charge is 0.508 e. The summed E-state index contributed by atoms with van der Waals surface area (Å²) in [4.78, 5) is 15.3. The van der Waals surface area contributed by atoms with Crippen LogP contribution in [0.2, 0.25) is 0 Å². The summed E-state index contributed by atoms with van der Waals surface area (Å²) in [7, 11) is 0. The summed E-state index contributed by atoms with van der Waals surface area (Å²) in [5, 5.41) is 16.9. The van der Waals surface area contributed by atoms with Crippen LogP contribution < -0.4 is 10.6 Å². The van der Waals surface area contributed by atoms with E-state index in [1.54, 1.807) is 12.1 Å². The van der Waals surface area contributed by atoms with E-state index in [1.165, 1.54) is 12.1 Å². The van der Waals surface area contributed by atoms with Crippen molar-refractivity contribution in [3.8, 4) is 5.75 Å². The minimum absolute atomic E-state index is 0.210. The van der Waals surface area contributed by atoms with Gasteiger partial charge in [0.05, 0.1) is 5.56 Å². The smallest absolute Gasteiger partial charge is 0.416 e. The van der Waals surface area contributed by atoms with Gasteiger partial charge < -0.3 is 20.7 Å². The van der Waals surface area contributed by atoms with Crippen LogP contribution in [0.15, 0.2) is 48.7 Å². The molecule has 2 aromatic carbocycles. The maximum absolute atomic E-state index is 12.6. The lowest BCUT2D eigenvalue weighted by Gasteiger charge is -2.17. The number of aromatic hydroxyl groups is 1. The number of hydrogen-bond acceptors (Lipinski definition) is 3. The number of anilines is 1. The Hall–Kier alpha value is -3.00. The number of amides is 1. The molecule has 32 heavy (non-hydrogen) atoms. The molecule has 0 saturated heterocycles. The van der Waals surface area contributed by atoms with Crippen LogP contribution in [-0.2, 0) is 17.4 Å². The Morgan fingerprint density at radius 3 is 2.59 bits per heavy atom. The van der Waals surface area contributed by atoms with Crippen molar-refractivity contribution in [2.45, 2.75) is 51.2 Å². The van der Waals surface area contributed by atoms with Gasteiger partial charge in [0.2, 0.25) is 5.91 Å². The second kappa shape index (κ2) is 10.5. The number of carbonyl (C=O) groups excluding carboxylic acids is 1. The summed E-state index contributed by atoms with van der Waals surface area (Å²) in [5.41, 5.74) is 1.74. The summed E-state index contributed by atoms with van der Waals surface area (Å²) in [5.74, 6) is 0.0329. The topological polar surface area (TPSA) is 77.2 Å². The standard InChI is InChI=1S/C24H28F3N3O2/c1-2-18(28-13-12-16-15-29-22-11-10-20(31)14-21(16)22)4-3-5-23(32)30-19-8-6-17(7-9-19)24(25,26)27/h6-11,14-15,18,28-29,31H,2-5,12-13H2,1H3,(H,30,32). The van der Waals surface area contributed by atoms with E-state index in [2.05, 4.69) is 22.5 Å². The van der Waals surface area contributed by atoms with Crippen LogP contribution >= 0.6 is 0 Å². The van der Waals surface area contributed by atoms with Gasteiger partial charge >= 0.3 is 6.18 Å². The van der Waals surface area contributed by atoms with Crippen molar-refractivity contribution in [2.75, 3.05) is 11.9 Å². The molecule has 0 bridgehead atoms. The number of rotatable bonds is 10. The van der Waals surface area contributed by atoms with E-state index in [9.17, 15) is 23.1 Å². The zero-order chi connectivity index (χ0) is 23.1. The van der Waals surface area contributed by atoms with Gasteiger partial charge in [-0.3, -0.25) is 4.79 Å². The summed E-state index contributed by atoms with van der Waals surface area (Å²) in [6.45, 7) is 2.86. The normalized spacial score (nSPS) is 12.8. The molecule has 1 atom stereocenters. The third-order valence-electron chi connectivity index (χ3n) is 5.52. The number of aromatic nitrogens is 1. The van der Waals surface area contributed by atoms with Crippen molar-refractivity contribution in [1.82, 2.24) is 10.3 Å². The zero-order valence-corrected chi connectivity index (χ0v) is 17.9. The van der Waals surface area contributed by atoms with Gasteiger partial charge in [-0.25, -0.2) is 0 Å². The summed E-state index contributed by atoms with van der Waals surface area (Å²) >= 11 is 0. The quantitative estimate of drug-likeness (QED) is 0.326. The molecule has 3 aromatic rings. The first-order chi connectivity index (χ1) is 15.3. The third-order valence-corrected chi connectivity index (χ3v) is 5.52. The van der Waals surface area contributed by atoms with E-state index < -0.39 is 11.7 Å². The molecular formula is C24H28F3N3O2. The molecule has 1 amide bonds. The van der Waals surface area contributed by atoms with Crippen LogP contribution in [0.1, 0.15) is 43.7 Å². The second-order valence-corrected chi connectivity index (χ2v) is 7.87. The van der Waals surface area contributed by atoms with E-state index in [0.717, 1.165) is 54.4 Å². The fraction of sp³-hybridized carbons (Fsp3) is 0.375. The van der Waals surface area contributed by atoms with E-state index in [-0.39, 0.29) is 17.7 Å². The Morgan fingerprint density at radius 2 is 1.91 bits per heavy atom. The van der Waals surface area contributed by atoms with Crippen LogP contribution in [0.25, 0.3) is 10.9 Å². The average Bonchev–Trinajstić information content (AvgIpc) is 3.14. The minimum atomic E-state index is -4.39. The Balaban J connectivity index is 1.39. The highest BCUT2D eigenvalue weighted by molar-refractivity contribution is 5.90. The molecule has 0 aliphatic heterocycles. The number of aromatic amines is 1. The van der Waals surface area contributed by atoms with E-state index in [4.69, 9.17) is 0 Å². The number of carbonyl (C=O) groups is 1. The molecule has 0 aliphatic carbocycles. The van der Waals surface area contributed by atoms with Crippen LogP contribution in [-0.4, -0.2) is 28.6 Å². The first kappa shape index (κ1) is 23.7. The van der Waals surface area contributed by atoms with Gasteiger partial charge in [-0.1, -0.05) is 6.92 Å². The molecule has 0 radical (unpaired) electrons. The number of fused-ring (bicyclic) bond motifs is 1. The van der Waals surface area contributed by atoms with Gasteiger partial charge in [-0.15, -0.1) is 0 Å². The van der Waals surface area contributed by atoms with Gasteiger partial charge in [0.15, 0.2) is 0 Å². The number of halogens is 3. The molecule has 0 saturated carbocycles. The molecule has 0 aliphatic rings. The molecule has 1 heterocycles. The number of phenols is 1.